The van der Waals surface area contributed by atoms with Crippen LogP contribution in [0.3, 0.4) is 0 Å². The third-order valence-corrected chi connectivity index (χ3v) is 6.88. The summed E-state index contributed by atoms with van der Waals surface area (Å²) >= 11 is 0. The van der Waals surface area contributed by atoms with Crippen molar-refractivity contribution >= 4 is 27.3 Å². The largest absolute Gasteiger partial charge is 0.507 e. The molecule has 7 nitrogen and oxygen atoms in total. The molecule has 3 rings (SSSR count). The number of benzene rings is 3. The number of carbonyl (C=O) groups is 1. The van der Waals surface area contributed by atoms with E-state index in [0.717, 1.165) is 15.4 Å². The average molecular weight is 452 g/mol. The summed E-state index contributed by atoms with van der Waals surface area (Å²) in [6, 6.07) is 19.9. The van der Waals surface area contributed by atoms with Crippen molar-refractivity contribution < 1.29 is 18.3 Å². The molecule has 0 saturated heterocycles. The van der Waals surface area contributed by atoms with Crippen LogP contribution in [0.1, 0.15) is 23.6 Å². The second kappa shape index (κ2) is 9.65. The van der Waals surface area contributed by atoms with Crippen LogP contribution in [-0.4, -0.2) is 31.7 Å². The monoisotopic (exact) mass is 451 g/mol. The maximum Gasteiger partial charge on any atom is 0.264 e. The Morgan fingerprint density at radius 2 is 1.62 bits per heavy atom. The lowest BCUT2D eigenvalue weighted by atomic mass is 10.1. The lowest BCUT2D eigenvalue weighted by molar-refractivity contribution is -0.119. The van der Waals surface area contributed by atoms with Gasteiger partial charge >= 0.3 is 0 Å². The Balaban J connectivity index is 1.93. The van der Waals surface area contributed by atoms with E-state index < -0.39 is 22.5 Å². The van der Waals surface area contributed by atoms with E-state index in [-0.39, 0.29) is 10.6 Å². The molecule has 0 atom stereocenters. The van der Waals surface area contributed by atoms with Gasteiger partial charge in [-0.3, -0.25) is 9.10 Å². The fourth-order valence-electron chi connectivity index (χ4n) is 3.18. The Kier molecular flexibility index (Phi) is 6.95. The first-order valence-corrected chi connectivity index (χ1v) is 11.4. The summed E-state index contributed by atoms with van der Waals surface area (Å²) in [5, 5.41) is 14.0. The standard InChI is InChI=1S/C24H25N3O4S/c1-17-10-9-14-22(18(17)2)27(32(30,31)20-11-5-4-6-12-20)16-24(29)26-25-19(3)21-13-7-8-15-23(21)28/h4-15,28H,16H2,1-3H3,(H,26,29)/b25-19-. The van der Waals surface area contributed by atoms with Crippen LogP contribution in [0.2, 0.25) is 0 Å². The molecule has 1 amide bonds. The minimum Gasteiger partial charge on any atom is -0.507 e. The first-order chi connectivity index (χ1) is 15.2. The van der Waals surface area contributed by atoms with E-state index in [1.807, 2.05) is 19.9 Å². The number of anilines is 1. The molecular formula is C24H25N3O4S. The van der Waals surface area contributed by atoms with Crippen LogP contribution in [0.15, 0.2) is 82.8 Å². The van der Waals surface area contributed by atoms with Gasteiger partial charge in [0.25, 0.3) is 15.9 Å². The van der Waals surface area contributed by atoms with Gasteiger partial charge in [-0.1, -0.05) is 42.5 Å². The molecule has 2 N–H and O–H groups in total. The minimum atomic E-state index is -4.00. The zero-order valence-electron chi connectivity index (χ0n) is 18.1. The van der Waals surface area contributed by atoms with Crippen LogP contribution in [-0.2, 0) is 14.8 Å². The molecule has 8 heteroatoms. The van der Waals surface area contributed by atoms with E-state index in [4.69, 9.17) is 0 Å². The molecule has 0 fully saturated rings. The number of rotatable bonds is 7. The maximum atomic E-state index is 13.4. The van der Waals surface area contributed by atoms with Gasteiger partial charge in [-0.25, -0.2) is 13.8 Å². The average Bonchev–Trinajstić information content (AvgIpc) is 2.79. The van der Waals surface area contributed by atoms with E-state index in [0.29, 0.717) is 17.0 Å². The number of phenolic OH excluding ortho intramolecular Hbond substituents is 1. The van der Waals surface area contributed by atoms with Gasteiger partial charge in [-0.2, -0.15) is 5.10 Å². The lowest BCUT2D eigenvalue weighted by Crippen LogP contribution is -2.40. The normalized spacial score (nSPS) is 11.8. The molecule has 0 radical (unpaired) electrons. The van der Waals surface area contributed by atoms with E-state index >= 15 is 0 Å². The number of carbonyl (C=O) groups excluding carboxylic acids is 1. The van der Waals surface area contributed by atoms with Crippen molar-refractivity contribution in [2.24, 2.45) is 5.10 Å². The van der Waals surface area contributed by atoms with Gasteiger partial charge in [0.05, 0.1) is 16.3 Å². The minimum absolute atomic E-state index is 0.0340. The fourth-order valence-corrected chi connectivity index (χ4v) is 4.68. The number of nitrogens with one attached hydrogen (secondary N) is 1. The predicted molar refractivity (Wildman–Crippen MR) is 125 cm³/mol. The Labute approximate surface area is 188 Å². The molecule has 0 aliphatic rings. The summed E-state index contributed by atoms with van der Waals surface area (Å²) in [4.78, 5) is 12.8. The molecule has 3 aromatic carbocycles. The number of aryl methyl sites for hydroxylation is 1. The number of hydrazone groups is 1. The molecule has 0 aliphatic carbocycles. The van der Waals surface area contributed by atoms with Gasteiger partial charge in [0.2, 0.25) is 0 Å². The summed E-state index contributed by atoms with van der Waals surface area (Å²) in [6.07, 6.45) is 0. The molecule has 0 aromatic heterocycles. The van der Waals surface area contributed by atoms with Crippen molar-refractivity contribution in [1.29, 1.82) is 0 Å². The zero-order valence-corrected chi connectivity index (χ0v) is 18.9. The second-order valence-electron chi connectivity index (χ2n) is 7.29. The highest BCUT2D eigenvalue weighted by molar-refractivity contribution is 7.92. The number of hydrogen-bond acceptors (Lipinski definition) is 5. The summed E-state index contributed by atoms with van der Waals surface area (Å²) in [7, 11) is -4.00. The van der Waals surface area contributed by atoms with Crippen molar-refractivity contribution in [2.75, 3.05) is 10.8 Å². The number of nitrogens with zero attached hydrogens (tertiary/aromatic N) is 2. The summed E-state index contributed by atoms with van der Waals surface area (Å²) in [5.41, 5.74) is 5.34. The van der Waals surface area contributed by atoms with Crippen LogP contribution < -0.4 is 9.73 Å². The molecule has 0 unspecified atom stereocenters. The molecule has 0 bridgehead atoms. The van der Waals surface area contributed by atoms with Crippen LogP contribution in [0.25, 0.3) is 0 Å². The Hall–Kier alpha value is -3.65. The Morgan fingerprint density at radius 1 is 0.969 bits per heavy atom. The highest BCUT2D eigenvalue weighted by atomic mass is 32.2. The van der Waals surface area contributed by atoms with Crippen molar-refractivity contribution in [2.45, 2.75) is 25.7 Å². The van der Waals surface area contributed by atoms with Gasteiger partial charge < -0.3 is 5.11 Å². The Bertz CT molecular complexity index is 1260. The topological polar surface area (TPSA) is 99.1 Å². The first-order valence-electron chi connectivity index (χ1n) is 9.97. The predicted octanol–water partition coefficient (Wildman–Crippen LogP) is 3.74. The molecule has 0 heterocycles. The zero-order chi connectivity index (χ0) is 23.3. The molecule has 0 saturated carbocycles. The number of aromatic hydroxyl groups is 1. The molecular weight excluding hydrogens is 426 g/mol. The maximum absolute atomic E-state index is 13.4. The Morgan fingerprint density at radius 3 is 2.31 bits per heavy atom. The third-order valence-electron chi connectivity index (χ3n) is 5.11. The van der Waals surface area contributed by atoms with Crippen molar-refractivity contribution in [1.82, 2.24) is 5.43 Å². The lowest BCUT2D eigenvalue weighted by Gasteiger charge is -2.26. The number of sulfonamides is 1. The van der Waals surface area contributed by atoms with Crippen molar-refractivity contribution in [3.05, 3.63) is 89.5 Å². The SMILES string of the molecule is C/C(=N/NC(=O)CN(c1cccc(C)c1C)S(=O)(=O)c1ccccc1)c1ccccc1O. The van der Waals surface area contributed by atoms with E-state index in [1.165, 1.54) is 18.2 Å². The van der Waals surface area contributed by atoms with E-state index in [9.17, 15) is 18.3 Å². The highest BCUT2D eigenvalue weighted by Crippen LogP contribution is 2.28. The second-order valence-corrected chi connectivity index (χ2v) is 9.16. The first kappa shape index (κ1) is 23.0. The fraction of sp³-hybridized carbons (Fsp3) is 0.167. The van der Waals surface area contributed by atoms with Gasteiger partial charge in [0.1, 0.15) is 12.3 Å². The quantitative estimate of drug-likeness (QED) is 0.422. The van der Waals surface area contributed by atoms with Gasteiger partial charge in [0, 0.05) is 5.56 Å². The smallest absolute Gasteiger partial charge is 0.264 e. The van der Waals surface area contributed by atoms with Crippen molar-refractivity contribution in [3.63, 3.8) is 0 Å². The molecule has 166 valence electrons. The summed E-state index contributed by atoms with van der Waals surface area (Å²) in [6.45, 7) is 4.88. The van der Waals surface area contributed by atoms with Crippen LogP contribution in [0.5, 0.6) is 5.75 Å². The van der Waals surface area contributed by atoms with Crippen LogP contribution in [0.4, 0.5) is 5.69 Å². The number of hydrogen-bond donors (Lipinski definition) is 2. The van der Waals surface area contributed by atoms with E-state index in [1.54, 1.807) is 55.5 Å². The van der Waals surface area contributed by atoms with Crippen molar-refractivity contribution in [3.8, 4) is 5.75 Å². The van der Waals surface area contributed by atoms with Gasteiger partial charge in [0.15, 0.2) is 0 Å². The van der Waals surface area contributed by atoms with E-state index in [2.05, 4.69) is 10.5 Å². The van der Waals surface area contributed by atoms with Crippen LogP contribution >= 0.6 is 0 Å². The third kappa shape index (κ3) is 4.97. The summed E-state index contributed by atoms with van der Waals surface area (Å²) < 4.78 is 27.9. The number of para-hydroxylation sites is 1. The van der Waals surface area contributed by atoms with Crippen LogP contribution in [0, 0.1) is 13.8 Å². The molecule has 32 heavy (non-hydrogen) atoms. The van der Waals surface area contributed by atoms with Gasteiger partial charge in [-0.05, 0) is 62.2 Å². The molecule has 3 aromatic rings. The molecule has 0 spiro atoms. The number of amides is 1. The van der Waals surface area contributed by atoms with Gasteiger partial charge in [-0.15, -0.1) is 0 Å². The highest BCUT2D eigenvalue weighted by Gasteiger charge is 2.28. The number of phenols is 1. The summed E-state index contributed by atoms with van der Waals surface area (Å²) in [5.74, 6) is -0.577. The molecule has 0 aliphatic heterocycles.